The van der Waals surface area contributed by atoms with Gasteiger partial charge in [-0.05, 0) is 378 Å². The van der Waals surface area contributed by atoms with Gasteiger partial charge in [0.05, 0.1) is 0 Å². The summed E-state index contributed by atoms with van der Waals surface area (Å²) in [7, 11) is 211. The lowest BCUT2D eigenvalue weighted by atomic mass is 28.4. The van der Waals surface area contributed by atoms with Gasteiger partial charge in [0.2, 0.25) is 0 Å². The molecule has 0 bridgehead atoms. The SMILES string of the molecule is PPP(P(P)P)P(P(P(P)P)P(P)P)P(P(PP(P(P(P(P(P)P)P(P)P)P(P(P)P)P(P)P)P(P(P(P)P)P(P)P)P(P(P)P)P(P)P)P(P(P(P(P)P)P(P)P)P(P(P)P)P(P)P)P(P(P(P)P)P(P)P)P(P(P)P)P(P)P)P(P(P(P)P)P(P)P)P(P(P)P)P(P)P)P(P(P(P)P)P(P)P)P(P(P)P)P(P)P. The first-order valence-electron chi connectivity index (χ1n) is 25.1. The predicted molar refractivity (Wildman–Crippen MR) is 917 cm³/mol. The molecule has 0 aliphatic rings. The topological polar surface area (TPSA) is 0 Å². The van der Waals surface area contributed by atoms with Crippen molar-refractivity contribution in [2.24, 2.45) is 0 Å². The lowest BCUT2D eigenvalue weighted by Crippen LogP contribution is -1.74. The van der Waals surface area contributed by atoms with Crippen molar-refractivity contribution in [3.63, 3.8) is 0 Å². The van der Waals surface area contributed by atoms with Gasteiger partial charge in [-0.15, -0.1) is 491 Å². The van der Waals surface area contributed by atoms with E-state index in [4.69, 9.17) is 0 Å². The summed E-state index contributed by atoms with van der Waals surface area (Å²) < 4.78 is 0. The molecule has 0 aromatic carbocycles. The van der Waals surface area contributed by atoms with Crippen molar-refractivity contribution in [2.45, 2.75) is 0 Å². The van der Waals surface area contributed by atoms with E-state index in [2.05, 4.69) is 491 Å². The van der Waals surface area contributed by atoms with Gasteiger partial charge in [-0.2, -0.15) is 0 Å². The third kappa shape index (κ3) is 55.9. The van der Waals surface area contributed by atoms with Crippen LogP contribution in [0.15, 0.2) is 0 Å². The van der Waals surface area contributed by atoms with Gasteiger partial charge >= 0.3 is 0 Å². The number of hydrogen-bond donors (Lipinski definition) is 0. The van der Waals surface area contributed by atoms with Crippen LogP contribution >= 0.6 is 877 Å². The van der Waals surface area contributed by atoms with Gasteiger partial charge in [0.1, 0.15) is 0 Å². The fourth-order valence-corrected chi connectivity index (χ4v) is 1640. The maximum absolute atomic E-state index is 3.82. The van der Waals surface area contributed by atoms with Crippen LogP contribution in [0.1, 0.15) is 0 Å². The third-order valence-electron chi connectivity index (χ3n) is 9.77. The summed E-state index contributed by atoms with van der Waals surface area (Å²) in [6.07, 6.45) is 0. The van der Waals surface area contributed by atoms with Gasteiger partial charge in [0, 0.05) is 0 Å². The maximum atomic E-state index is 3.82. The summed E-state index contributed by atoms with van der Waals surface area (Å²) in [6.45, 7) is -23.3. The van der Waals surface area contributed by atoms with E-state index in [0.29, 0.717) is 0 Å². The number of hydrogen-bond acceptors (Lipinski definition) is 0. The summed E-state index contributed by atoms with van der Waals surface area (Å²) >= 11 is 0. The molecule has 0 fully saturated rings. The molecule has 0 aliphatic carbocycles. The van der Waals surface area contributed by atoms with E-state index in [1.807, 2.05) is 0 Å². The summed E-state index contributed by atoms with van der Waals surface area (Å²) in [5.74, 6) is 0. The second-order valence-electron chi connectivity index (χ2n) is 17.5. The van der Waals surface area contributed by atoms with E-state index in [0.717, 1.165) is 15.9 Å². The molecule has 0 rings (SSSR count). The molecule has 0 heterocycles. The van der Waals surface area contributed by atoms with Gasteiger partial charge in [-0.3, -0.25) is 0 Å². The predicted octanol–water partition coefficient (Wildman–Crippen LogP) is 64.7. The van der Waals surface area contributed by atoms with Crippen LogP contribution in [0.25, 0.3) is 0 Å². The second-order valence-corrected chi connectivity index (χ2v) is 473. The Morgan fingerprint density at radius 3 is 0.264 bits per heavy atom. The van der Waals surface area contributed by atoms with Gasteiger partial charge in [-0.1, -0.05) is 7.96 Å². The summed E-state index contributed by atoms with van der Waals surface area (Å²) in [5, 5.41) is 0. The van der Waals surface area contributed by atoms with Crippen LogP contribution in [0.5, 0.6) is 0 Å². The third-order valence-corrected chi connectivity index (χ3v) is 791. The van der Waals surface area contributed by atoms with Crippen LogP contribution < -0.4 is 0 Å². The second kappa shape index (κ2) is 86.9. The van der Waals surface area contributed by atoms with E-state index in [1.165, 1.54) is 0 Å². The molecule has 0 nitrogen and oxygen atoms in total. The maximum Gasteiger partial charge on any atom is -0.000359 e. The number of rotatable bonds is 54. The van der Waals surface area contributed by atoms with E-state index < -0.39 is 335 Å². The molecule has 110 heteroatoms. The highest BCUT2D eigenvalue weighted by Crippen LogP contribution is 3.53. The highest BCUT2D eigenvalue weighted by Gasteiger charge is 2.65. The Kier molecular flexibility index (Phi) is 124. The van der Waals surface area contributed by atoms with Crippen LogP contribution in [-0.4, -0.2) is 0 Å². The first-order chi connectivity index (χ1) is 50.1. The lowest BCUT2D eigenvalue weighted by Gasteiger charge is -2.61. The molecule has 0 saturated carbocycles. The molecule has 110 heavy (non-hydrogen) atoms. The molecule has 0 amide bonds. The monoisotopic (exact) mass is 3520 g/mol. The van der Waals surface area contributed by atoms with Gasteiger partial charge in [0.25, 0.3) is 0 Å². The van der Waals surface area contributed by atoms with Crippen molar-refractivity contribution in [1.29, 1.82) is 0 Å². The van der Waals surface area contributed by atoms with Crippen LogP contribution in [0.2, 0.25) is 0 Å². The minimum absolute atomic E-state index is 0.334. The smallest absolute Gasteiger partial charge is 0.000359 e. The van der Waals surface area contributed by atoms with Crippen LogP contribution in [0.3, 0.4) is 0 Å². The fourth-order valence-electron chi connectivity index (χ4n) is 6.73. The molecule has 0 aliphatic heterocycles. The Bertz CT molecular complexity index is 1900. The highest BCUT2D eigenvalue weighted by atomic mass is 33.6. The summed E-state index contributed by atoms with van der Waals surface area (Å²) in [5.41, 5.74) is 0. The molecule has 0 radical (unpaired) electrons. The molecule has 0 spiro atoms. The van der Waals surface area contributed by atoms with Crippen molar-refractivity contribution >= 4 is 877 Å². The molecule has 0 aromatic rings. The van der Waals surface area contributed by atoms with Crippen LogP contribution in [0, 0.1) is 0 Å². The molecule has 0 saturated heterocycles. The average molecular weight is 3520 g/mol. The van der Waals surface area contributed by atoms with E-state index in [9.17, 15) is 0 Å². The Balaban J connectivity index is 14.7. The van der Waals surface area contributed by atoms with Crippen molar-refractivity contribution in [3.8, 4) is 0 Å². The minimum atomic E-state index is -0.631. The minimum Gasteiger partial charge on any atom is -0.109 e. The van der Waals surface area contributed by atoms with Crippen molar-refractivity contribution < 1.29 is 0 Å². The van der Waals surface area contributed by atoms with Crippen LogP contribution in [-0.2, 0) is 0 Å². The zero-order valence-corrected chi connectivity index (χ0v) is 169. The van der Waals surface area contributed by atoms with Crippen LogP contribution in [0.4, 0.5) is 0 Å². The highest BCUT2D eigenvalue weighted by molar-refractivity contribution is 9.58. The fraction of sp³-hybridized carbons (Fsp3) is 0. The zero-order valence-electron chi connectivity index (χ0n) is 56.5. The van der Waals surface area contributed by atoms with E-state index in [1.54, 1.807) is 0 Å². The zero-order chi connectivity index (χ0) is 87.0. The van der Waals surface area contributed by atoms with E-state index >= 15 is 0 Å². The molecular formula is H112P110. The van der Waals surface area contributed by atoms with Gasteiger partial charge < -0.3 is 0 Å². The van der Waals surface area contributed by atoms with Crippen molar-refractivity contribution in [3.05, 3.63) is 0 Å². The average Bonchev–Trinajstić information content (AvgIpc) is 0.722. The normalized spacial score (nSPS) is 15.9. The first-order valence-corrected chi connectivity index (χ1v) is 226. The van der Waals surface area contributed by atoms with Gasteiger partial charge in [-0.25, -0.2) is 0 Å². The summed E-state index contributed by atoms with van der Waals surface area (Å²) in [4.78, 5) is 0. The quantitative estimate of drug-likeness (QED) is 0.0533. The Hall–Kier alpha value is 47.3. The molecule has 0 aromatic heterocycles. The Morgan fingerprint density at radius 2 is 0.173 bits per heavy atom. The van der Waals surface area contributed by atoms with Crippen molar-refractivity contribution in [2.75, 3.05) is 0 Å². The first kappa shape index (κ1) is 157. The molecule has 662 valence electrons. The summed E-state index contributed by atoms with van der Waals surface area (Å²) in [6, 6.07) is 0. The molecule has 0 N–H and O–H groups in total. The molecular weight excluding hydrogens is 3410 g/mol. The Morgan fingerprint density at radius 1 is 0.0909 bits per heavy atom. The van der Waals surface area contributed by atoms with Gasteiger partial charge in [0.15, 0.2) is 0 Å². The van der Waals surface area contributed by atoms with E-state index in [-0.39, 0.29) is 34.9 Å². The lowest BCUT2D eigenvalue weighted by molar-refractivity contribution is 4.32. The molecule has 61 atom stereocenters. The van der Waals surface area contributed by atoms with Crippen molar-refractivity contribution in [1.82, 2.24) is 0 Å². The standard InChI is InChI=1S/H112P110/c1-56-85(58(2)3)101(88(59(4)5)60(6)7)103(106(91(65(16)17)66(18)19)92(67(20)21)68(22)23)86(102(89(61(8)9)62(10)11)90(63(12)13)64(14)15)57-87(104(107(93(69(24)25)70(26)27)94(71(28)29)72(30)31)108(95(73(32)33)74(34)35)96(75(36)37)76(38)39)105(109(97(77(40)41)78(42)43)98(79(44)45)80(46)47)110(99(81(48)49)82(50)51)100(83(52)53)84(54)55/h56-57H,1-55H2. The molecule has 61 unspecified atom stereocenters. The Labute approximate surface area is 862 Å². The largest absolute Gasteiger partial charge is 0.109 e.